The monoisotopic (exact) mass is 1630 g/mol. The van der Waals surface area contributed by atoms with Gasteiger partial charge in [-0.25, -0.2) is 96.8 Å². The maximum atomic E-state index is 13.1. The van der Waals surface area contributed by atoms with Crippen LogP contribution in [0.25, 0.3) is 88.6 Å². The summed E-state index contributed by atoms with van der Waals surface area (Å²) >= 11 is 0. The zero-order chi connectivity index (χ0) is 81.0. The minimum absolute atomic E-state index is 0.0855. The number of likely N-dealkylation sites (tertiary alicyclic amines) is 1. The van der Waals surface area contributed by atoms with E-state index >= 15 is 0 Å². The molecule has 4 aliphatic rings. The highest BCUT2D eigenvalue weighted by Crippen LogP contribution is 2.46. The molecule has 114 heavy (non-hydrogen) atoms. The van der Waals surface area contributed by atoms with E-state index in [1.807, 2.05) is 114 Å². The molecule has 0 bridgehead atoms. The third-order valence-electron chi connectivity index (χ3n) is 21.0. The largest absolute Gasteiger partial charge is 0.396 e. The second-order valence-corrected chi connectivity index (χ2v) is 37.2. The molecule has 16 N–H and O–H groups in total. The van der Waals surface area contributed by atoms with E-state index < -0.39 is 46.3 Å². The Kier molecular flexibility index (Phi) is 24.9. The molecule has 2 atom stereocenters. The number of nitrogens with one attached hydrogen (secondary N) is 4. The van der Waals surface area contributed by atoms with Crippen molar-refractivity contribution in [3.63, 3.8) is 0 Å². The Hall–Kier alpha value is -10.0. The minimum atomic E-state index is -3.28. The van der Waals surface area contributed by atoms with Crippen molar-refractivity contribution in [2.24, 2.45) is 17.6 Å². The van der Waals surface area contributed by atoms with Gasteiger partial charge in [0.15, 0.2) is 0 Å². The molecule has 604 valence electrons. The maximum Gasteiger partial charge on any atom is 0.209 e. The van der Waals surface area contributed by atoms with E-state index in [-0.39, 0.29) is 57.5 Å². The van der Waals surface area contributed by atoms with Crippen LogP contribution < -0.4 is 47.6 Å². The Morgan fingerprint density at radius 2 is 0.772 bits per heavy atom. The number of aliphatic hydroxyl groups is 2. The molecule has 32 nitrogen and oxygen atoms in total. The summed E-state index contributed by atoms with van der Waals surface area (Å²) in [4.78, 5) is 36.6. The molecule has 0 amide bonds. The molecular formula is C77H95FN22O10S4. The lowest BCUT2D eigenvalue weighted by Gasteiger charge is -2.43. The van der Waals surface area contributed by atoms with Gasteiger partial charge in [-0.1, -0.05) is 72.8 Å². The number of fused-ring (bicyclic) bond motifs is 4. The Labute approximate surface area is 660 Å². The fourth-order valence-electron chi connectivity index (χ4n) is 15.3. The van der Waals surface area contributed by atoms with Crippen molar-refractivity contribution >= 4 is 107 Å². The number of hydrogen-bond acceptors (Lipinski definition) is 24. The van der Waals surface area contributed by atoms with Crippen molar-refractivity contribution in [1.29, 1.82) is 0 Å². The standard InChI is InChI=1S/C22H27FN6O2S.C19H24N6O2S.C19H23N5O3S.C17H21N5O3S/c1-32(30,31)27-8-14-3-2-4-16(5-14)19-12-29(22-20(19)21(24)25-13-26-22)18-6-15(7-18)9-28-10-17(23)11-28;1-28(26,27)24-9-12-3-2-4-13(7-12)16-10-25(15-6-5-14(20)8-15)19-17(16)18(21)22-11-23-19;1-28(26,27)23-8-12-3-2-4-14(5-12)16-9-24(15-6-13(7-15)10-25)19-17(16)18(20)21-11-22-19;1-26(24,25)21-9-12-4-2-5-13(8-12)14-10-22(6-3-7-23)17-15(14)16(18)19-11-20-17/h2-5,12-13,15,17-18,27H,6-11H2,1H3,(H2,24,25,26);2-4,7,10-11,14-15,24H,5-6,8-9,20H2,1H3,(H2,21,22,23);2-5,9,11,13,15,23,25H,6-8,10H2,1H3,(H2,20,21,22);2,4-5,8,10-11,21,23H,3,6-7,9H2,1H3,(H2,18,19,20)/t;14-,15-;;/m.0../s1. The van der Waals surface area contributed by atoms with E-state index in [9.17, 15) is 43.2 Å². The average molecular weight is 1640 g/mol. The van der Waals surface area contributed by atoms with Crippen molar-refractivity contribution in [3.8, 4) is 44.5 Å². The SMILES string of the molecule is CS(=O)(=O)NCc1cccc(-c2cn(C3CC(CN4CC(F)C4)C3)c3ncnc(N)c23)c1.CS(=O)(=O)NCc1cccc(-c2cn(C3CC(CO)C3)c3ncnc(N)c23)c1.CS(=O)(=O)NCc1cccc(-c2cn(CCCO)c3ncnc(N)c23)c1.CS(=O)(=O)NCc1cccc(-c2cn([C@H]3CC[C@H](N)C3)c3ncnc(N)c23)c1. The molecule has 8 aromatic heterocycles. The van der Waals surface area contributed by atoms with Crippen LogP contribution in [0.15, 0.2) is 147 Å². The minimum Gasteiger partial charge on any atom is -0.396 e. The van der Waals surface area contributed by atoms with Crippen LogP contribution in [0.5, 0.6) is 0 Å². The normalized spacial score (nSPS) is 18.7. The van der Waals surface area contributed by atoms with Crippen molar-refractivity contribution in [2.75, 3.05) is 80.8 Å². The second kappa shape index (κ2) is 34.6. The molecule has 3 aliphatic carbocycles. The van der Waals surface area contributed by atoms with Gasteiger partial charge in [0.25, 0.3) is 0 Å². The van der Waals surface area contributed by atoms with Crippen LogP contribution in [0.4, 0.5) is 27.7 Å². The van der Waals surface area contributed by atoms with Crippen molar-refractivity contribution < 1.29 is 48.3 Å². The second-order valence-electron chi connectivity index (χ2n) is 29.9. The van der Waals surface area contributed by atoms with Crippen LogP contribution in [0.2, 0.25) is 0 Å². The highest BCUT2D eigenvalue weighted by Gasteiger charge is 2.37. The van der Waals surface area contributed by atoms with Gasteiger partial charge in [0, 0.05) is 137 Å². The summed E-state index contributed by atoms with van der Waals surface area (Å²) in [6, 6.07) is 31.8. The summed E-state index contributed by atoms with van der Waals surface area (Å²) in [6.45, 7) is 3.86. The molecule has 12 aromatic rings. The molecular weight excluding hydrogens is 1540 g/mol. The molecule has 37 heteroatoms. The van der Waals surface area contributed by atoms with Crippen LogP contribution in [-0.2, 0) is 72.8 Å². The molecule has 1 aliphatic heterocycles. The number of aliphatic hydroxyl groups excluding tert-OH is 2. The molecule has 3 saturated carbocycles. The predicted octanol–water partition coefficient (Wildman–Crippen LogP) is 6.90. The van der Waals surface area contributed by atoms with Gasteiger partial charge in [-0.15, -0.1) is 0 Å². The topological polar surface area (TPSA) is 481 Å². The van der Waals surface area contributed by atoms with Crippen LogP contribution in [0, 0.1) is 11.8 Å². The van der Waals surface area contributed by atoms with Crippen LogP contribution in [-0.4, -0.2) is 177 Å². The van der Waals surface area contributed by atoms with Crippen molar-refractivity contribution in [3.05, 3.63) is 169 Å². The van der Waals surface area contributed by atoms with Gasteiger partial charge < -0.3 is 57.1 Å². The first-order valence-electron chi connectivity index (χ1n) is 37.2. The lowest BCUT2D eigenvalue weighted by atomic mass is 9.79. The molecule has 1 saturated heterocycles. The summed E-state index contributed by atoms with van der Waals surface area (Å²) in [5.41, 5.74) is 44.7. The predicted molar refractivity (Wildman–Crippen MR) is 441 cm³/mol. The summed E-state index contributed by atoms with van der Waals surface area (Å²) in [7, 11) is -13.1. The molecule has 4 aromatic carbocycles. The van der Waals surface area contributed by atoms with Gasteiger partial charge in [-0.2, -0.15) is 0 Å². The zero-order valence-corrected chi connectivity index (χ0v) is 66.8. The number of nitrogens with two attached hydrogens (primary N) is 5. The Bertz CT molecular complexity index is 5970. The molecule has 16 rings (SSSR count). The first-order chi connectivity index (χ1) is 54.3. The highest BCUT2D eigenvalue weighted by atomic mass is 32.2. The molecule has 0 spiro atoms. The average Bonchev–Trinajstić information content (AvgIpc) is 1.61. The lowest BCUT2D eigenvalue weighted by molar-refractivity contribution is 0.0282. The number of benzene rings is 4. The summed E-state index contributed by atoms with van der Waals surface area (Å²) in [5, 5.41) is 21.6. The summed E-state index contributed by atoms with van der Waals surface area (Å²) in [5.74, 6) is 2.55. The Balaban J connectivity index is 0.000000133. The van der Waals surface area contributed by atoms with E-state index in [1.165, 1.54) is 25.3 Å². The third kappa shape index (κ3) is 19.8. The molecule has 0 unspecified atom stereocenters. The van der Waals surface area contributed by atoms with E-state index in [2.05, 4.69) is 89.8 Å². The third-order valence-corrected chi connectivity index (χ3v) is 23.7. The first-order valence-corrected chi connectivity index (χ1v) is 44.8. The first kappa shape index (κ1) is 82.0. The number of sulfonamides is 4. The molecule has 9 heterocycles. The van der Waals surface area contributed by atoms with E-state index in [1.54, 1.807) is 0 Å². The van der Waals surface area contributed by atoms with Crippen molar-refractivity contribution in [1.82, 2.24) is 81.9 Å². The molecule has 0 radical (unpaired) electrons. The van der Waals surface area contributed by atoms with Crippen LogP contribution in [0.3, 0.4) is 0 Å². The van der Waals surface area contributed by atoms with Gasteiger partial charge in [-0.3, -0.25) is 4.90 Å². The van der Waals surface area contributed by atoms with Crippen molar-refractivity contribution in [2.45, 2.75) is 114 Å². The number of aromatic nitrogens is 12. The number of aryl methyl sites for hydroxylation is 1. The highest BCUT2D eigenvalue weighted by molar-refractivity contribution is 7.89. The molecule has 4 fully saturated rings. The van der Waals surface area contributed by atoms with Gasteiger partial charge in [0.1, 0.15) is 77.3 Å². The fourth-order valence-corrected chi connectivity index (χ4v) is 17.0. The number of anilines is 4. The summed E-state index contributed by atoms with van der Waals surface area (Å²) < 4.78 is 123. The van der Waals surface area contributed by atoms with E-state index in [0.717, 1.165) is 182 Å². The van der Waals surface area contributed by atoms with Gasteiger partial charge in [0.05, 0.1) is 46.6 Å². The van der Waals surface area contributed by atoms with E-state index in [4.69, 9.17) is 33.8 Å². The number of nitrogen functional groups attached to an aromatic ring is 4. The van der Waals surface area contributed by atoms with Crippen LogP contribution in [0.1, 0.15) is 91.7 Å². The van der Waals surface area contributed by atoms with Crippen LogP contribution >= 0.6 is 0 Å². The Morgan fingerprint density at radius 3 is 1.10 bits per heavy atom. The Morgan fingerprint density at radius 1 is 0.439 bits per heavy atom. The number of hydrogen-bond donors (Lipinski definition) is 11. The quantitative estimate of drug-likeness (QED) is 0.0277. The van der Waals surface area contributed by atoms with Gasteiger partial charge in [0.2, 0.25) is 40.1 Å². The van der Waals surface area contributed by atoms with E-state index in [0.29, 0.717) is 72.9 Å². The maximum absolute atomic E-state index is 13.1. The summed E-state index contributed by atoms with van der Waals surface area (Å²) in [6.07, 6.45) is 25.3. The number of nitrogens with zero attached hydrogens (tertiary/aromatic N) is 13. The zero-order valence-electron chi connectivity index (χ0n) is 63.5. The fraction of sp³-hybridized carbons (Fsp3) is 0.377. The van der Waals surface area contributed by atoms with Gasteiger partial charge in [-0.05, 0) is 132 Å². The smallest absolute Gasteiger partial charge is 0.209 e. The number of rotatable bonds is 25. The number of alkyl halides is 1. The lowest BCUT2D eigenvalue weighted by Crippen LogP contribution is -2.51. The number of halogens is 1. The van der Waals surface area contributed by atoms with Gasteiger partial charge >= 0.3 is 0 Å².